The summed E-state index contributed by atoms with van der Waals surface area (Å²) in [6.07, 6.45) is 56.6. The average molecular weight is 963 g/mol. The standard InChI is InChI=1S/C57H107N2O7P/c1-7-10-13-16-19-22-25-28-29-30-32-34-37-40-43-46-49-56(60)58-54(53-65-67(62,63)64-52-51-59(4,5)6)55(48-45-42-39-36-33-27-24-21-18-15-12-9-3)66-57(61)50-47-44-41-38-35-31-26-23-20-17-14-11-8-2/h29-31,35,41,44-45,48,54-55H,7-28,32-34,36-40,42-43,46-47,49-53H2,1-6H3,(H-,58,60,62,63)/b30-29+,35-31-,44-41+,48-45+. The molecule has 0 aliphatic carbocycles. The zero-order valence-corrected chi connectivity index (χ0v) is 45.5. The maximum atomic E-state index is 13.4. The average Bonchev–Trinajstić information content (AvgIpc) is 3.28. The van der Waals surface area contributed by atoms with Crippen molar-refractivity contribution >= 4 is 19.7 Å². The number of likely N-dealkylation sites (N-methyl/N-ethyl adjacent to an activating group) is 1. The number of rotatable bonds is 50. The highest BCUT2D eigenvalue weighted by Crippen LogP contribution is 2.38. The topological polar surface area (TPSA) is 114 Å². The van der Waals surface area contributed by atoms with Crippen LogP contribution in [0.2, 0.25) is 0 Å². The molecule has 0 spiro atoms. The Labute approximate surface area is 414 Å². The second-order valence-electron chi connectivity index (χ2n) is 20.1. The van der Waals surface area contributed by atoms with Gasteiger partial charge in [-0.3, -0.25) is 14.2 Å². The van der Waals surface area contributed by atoms with Gasteiger partial charge >= 0.3 is 5.97 Å². The van der Waals surface area contributed by atoms with E-state index in [1.165, 1.54) is 141 Å². The Kier molecular flexibility index (Phi) is 46.2. The van der Waals surface area contributed by atoms with Crippen LogP contribution < -0.4 is 10.2 Å². The van der Waals surface area contributed by atoms with Gasteiger partial charge in [-0.15, -0.1) is 0 Å². The lowest BCUT2D eigenvalue weighted by Gasteiger charge is -2.30. The van der Waals surface area contributed by atoms with Crippen LogP contribution in [-0.2, 0) is 27.9 Å². The first kappa shape index (κ1) is 65.0. The van der Waals surface area contributed by atoms with Gasteiger partial charge in [0.15, 0.2) is 0 Å². The number of hydrogen-bond acceptors (Lipinski definition) is 7. The number of allylic oxidation sites excluding steroid dienone is 7. The number of nitrogens with one attached hydrogen (secondary N) is 1. The van der Waals surface area contributed by atoms with E-state index in [1.54, 1.807) is 6.08 Å². The fourth-order valence-electron chi connectivity index (χ4n) is 7.86. The molecule has 0 bridgehead atoms. The van der Waals surface area contributed by atoms with Gasteiger partial charge in [-0.1, -0.05) is 211 Å². The zero-order valence-electron chi connectivity index (χ0n) is 44.6. The Morgan fingerprint density at radius 1 is 0.522 bits per heavy atom. The quantitative estimate of drug-likeness (QED) is 0.0212. The predicted molar refractivity (Wildman–Crippen MR) is 284 cm³/mol. The molecule has 1 N–H and O–H groups in total. The number of carbonyl (C=O) groups is 2. The molecule has 10 heteroatoms. The van der Waals surface area contributed by atoms with Crippen molar-refractivity contribution in [1.82, 2.24) is 5.32 Å². The number of phosphoric acid groups is 1. The molecule has 0 saturated heterocycles. The van der Waals surface area contributed by atoms with Gasteiger partial charge < -0.3 is 28.5 Å². The highest BCUT2D eigenvalue weighted by Gasteiger charge is 2.27. The summed E-state index contributed by atoms with van der Waals surface area (Å²) in [6.45, 7) is 6.78. The van der Waals surface area contributed by atoms with E-state index in [1.807, 2.05) is 33.3 Å². The van der Waals surface area contributed by atoms with Crippen LogP contribution in [0.3, 0.4) is 0 Å². The van der Waals surface area contributed by atoms with Crippen molar-refractivity contribution in [3.05, 3.63) is 48.6 Å². The minimum absolute atomic E-state index is 0.0313. The number of ether oxygens (including phenoxy) is 1. The lowest BCUT2D eigenvalue weighted by Crippen LogP contribution is -2.47. The summed E-state index contributed by atoms with van der Waals surface area (Å²) >= 11 is 0. The summed E-state index contributed by atoms with van der Waals surface area (Å²) in [5.41, 5.74) is 0. The molecule has 1 amide bonds. The molecule has 3 unspecified atom stereocenters. The van der Waals surface area contributed by atoms with E-state index in [4.69, 9.17) is 13.8 Å². The Balaban J connectivity index is 5.45. The van der Waals surface area contributed by atoms with Gasteiger partial charge in [0, 0.05) is 12.8 Å². The Morgan fingerprint density at radius 3 is 1.39 bits per heavy atom. The van der Waals surface area contributed by atoms with Crippen molar-refractivity contribution < 1.29 is 37.3 Å². The summed E-state index contributed by atoms with van der Waals surface area (Å²) < 4.78 is 30.1. The highest BCUT2D eigenvalue weighted by atomic mass is 31.2. The second kappa shape index (κ2) is 47.6. The molecule has 0 aromatic carbocycles. The molecule has 3 atom stereocenters. The van der Waals surface area contributed by atoms with Crippen molar-refractivity contribution in [2.45, 2.75) is 264 Å². The molecule has 67 heavy (non-hydrogen) atoms. The number of esters is 1. The molecular weight excluding hydrogens is 856 g/mol. The summed E-state index contributed by atoms with van der Waals surface area (Å²) in [6, 6.07) is -0.912. The lowest BCUT2D eigenvalue weighted by atomic mass is 10.0. The van der Waals surface area contributed by atoms with Crippen LogP contribution in [-0.4, -0.2) is 69.4 Å². The number of amides is 1. The van der Waals surface area contributed by atoms with Gasteiger partial charge in [0.1, 0.15) is 19.3 Å². The monoisotopic (exact) mass is 963 g/mol. The minimum atomic E-state index is -4.70. The fraction of sp³-hybridized carbons (Fsp3) is 0.825. The maximum Gasteiger partial charge on any atom is 0.306 e. The lowest BCUT2D eigenvalue weighted by molar-refractivity contribution is -0.870. The van der Waals surface area contributed by atoms with Gasteiger partial charge in [0.05, 0.1) is 33.8 Å². The molecule has 9 nitrogen and oxygen atoms in total. The van der Waals surface area contributed by atoms with Crippen LogP contribution in [0, 0.1) is 0 Å². The fourth-order valence-corrected chi connectivity index (χ4v) is 8.59. The minimum Gasteiger partial charge on any atom is -0.756 e. The molecule has 0 saturated carbocycles. The number of carbonyl (C=O) groups excluding carboxylic acids is 2. The molecule has 0 fully saturated rings. The zero-order chi connectivity index (χ0) is 49.4. The SMILES string of the molecule is CCCCCCCC/C=C\C/C=C/CCC(=O)OC(/C=C/CCCCCCCCCCCC)C(COP(=O)([O-])OCC[N+](C)(C)C)NC(=O)CCCCCCC/C=C/CCCCCCCCC. The van der Waals surface area contributed by atoms with Gasteiger partial charge in [0.25, 0.3) is 7.82 Å². The van der Waals surface area contributed by atoms with E-state index in [2.05, 4.69) is 56.5 Å². The Bertz CT molecular complexity index is 1290. The number of nitrogens with zero attached hydrogens (tertiary/aromatic N) is 1. The number of unbranched alkanes of at least 4 members (excludes halogenated alkanes) is 28. The molecule has 0 aliphatic heterocycles. The van der Waals surface area contributed by atoms with Crippen molar-refractivity contribution in [3.8, 4) is 0 Å². The summed E-state index contributed by atoms with van der Waals surface area (Å²) in [5, 5.41) is 3.00. The van der Waals surface area contributed by atoms with Gasteiger partial charge in [-0.05, 0) is 76.7 Å². The highest BCUT2D eigenvalue weighted by molar-refractivity contribution is 7.45. The molecule has 392 valence electrons. The maximum absolute atomic E-state index is 13.4. The van der Waals surface area contributed by atoms with Crippen LogP contribution in [0.1, 0.15) is 252 Å². The summed E-state index contributed by atoms with van der Waals surface area (Å²) in [7, 11) is 1.15. The molecule has 0 aromatic heterocycles. The molecule has 0 heterocycles. The first-order chi connectivity index (χ1) is 32.4. The molecule has 0 aliphatic rings. The van der Waals surface area contributed by atoms with E-state index in [0.29, 0.717) is 23.9 Å². The van der Waals surface area contributed by atoms with Crippen LogP contribution in [0.4, 0.5) is 0 Å². The van der Waals surface area contributed by atoms with Crippen LogP contribution in [0.25, 0.3) is 0 Å². The second-order valence-corrected chi connectivity index (χ2v) is 21.5. The van der Waals surface area contributed by atoms with E-state index in [9.17, 15) is 19.0 Å². The first-order valence-corrected chi connectivity index (χ1v) is 29.4. The van der Waals surface area contributed by atoms with Gasteiger partial charge in [-0.2, -0.15) is 0 Å². The number of phosphoric ester groups is 1. The Hall–Kier alpha value is -2.03. The van der Waals surface area contributed by atoms with Crippen molar-refractivity contribution in [1.29, 1.82) is 0 Å². The van der Waals surface area contributed by atoms with Crippen molar-refractivity contribution in [3.63, 3.8) is 0 Å². The summed E-state index contributed by atoms with van der Waals surface area (Å²) in [4.78, 5) is 39.7. The summed E-state index contributed by atoms with van der Waals surface area (Å²) in [5.74, 6) is -0.626. The first-order valence-electron chi connectivity index (χ1n) is 27.9. The molecule has 0 aromatic rings. The third-order valence-corrected chi connectivity index (χ3v) is 13.2. The van der Waals surface area contributed by atoms with Gasteiger partial charge in [-0.25, -0.2) is 0 Å². The van der Waals surface area contributed by atoms with Crippen LogP contribution >= 0.6 is 7.82 Å². The normalized spacial score (nSPS) is 14.2. The molecular formula is C57H107N2O7P. The smallest absolute Gasteiger partial charge is 0.306 e. The van der Waals surface area contributed by atoms with E-state index in [-0.39, 0.29) is 18.9 Å². The van der Waals surface area contributed by atoms with Gasteiger partial charge in [0.2, 0.25) is 5.91 Å². The molecule has 0 radical (unpaired) electrons. The largest absolute Gasteiger partial charge is 0.756 e. The van der Waals surface area contributed by atoms with Crippen molar-refractivity contribution in [2.75, 3.05) is 40.9 Å². The van der Waals surface area contributed by atoms with Crippen molar-refractivity contribution in [2.24, 2.45) is 0 Å². The predicted octanol–water partition coefficient (Wildman–Crippen LogP) is 15.9. The van der Waals surface area contributed by atoms with E-state index in [0.717, 1.165) is 70.6 Å². The van der Waals surface area contributed by atoms with Crippen LogP contribution in [0.15, 0.2) is 48.6 Å². The Morgan fingerprint density at radius 2 is 0.925 bits per heavy atom. The third kappa shape index (κ3) is 48.8. The van der Waals surface area contributed by atoms with E-state index >= 15 is 0 Å². The number of hydrogen-bond donors (Lipinski definition) is 1. The van der Waals surface area contributed by atoms with Crippen LogP contribution in [0.5, 0.6) is 0 Å². The number of quaternary nitrogens is 1. The third-order valence-electron chi connectivity index (χ3n) is 12.2. The molecule has 0 rings (SSSR count). The van der Waals surface area contributed by atoms with E-state index < -0.39 is 32.5 Å².